The van der Waals surface area contributed by atoms with Crippen LogP contribution in [-0.2, 0) is 9.84 Å². The Hall–Kier alpha value is 0.220. The lowest BCUT2D eigenvalue weighted by Crippen LogP contribution is -2.48. The van der Waals surface area contributed by atoms with Crippen molar-refractivity contribution in [1.29, 1.82) is 0 Å². The fourth-order valence-electron chi connectivity index (χ4n) is 1.91. The molecule has 16 heavy (non-hydrogen) atoms. The molecule has 0 amide bonds. The summed E-state index contributed by atoms with van der Waals surface area (Å²) in [5.41, 5.74) is -0.763. The summed E-state index contributed by atoms with van der Waals surface area (Å²) in [7, 11) is -2.86. The molecule has 2 atom stereocenters. The molecular formula is C10H21NO3S2. The van der Waals surface area contributed by atoms with Gasteiger partial charge in [0.1, 0.15) is 0 Å². The van der Waals surface area contributed by atoms with Crippen LogP contribution in [-0.4, -0.2) is 55.2 Å². The molecule has 0 saturated carbocycles. The zero-order valence-corrected chi connectivity index (χ0v) is 11.5. The average molecular weight is 267 g/mol. The summed E-state index contributed by atoms with van der Waals surface area (Å²) in [6.07, 6.45) is 3.55. The predicted molar refractivity (Wildman–Crippen MR) is 68.7 cm³/mol. The predicted octanol–water partition coefficient (Wildman–Crippen LogP) is 0.267. The summed E-state index contributed by atoms with van der Waals surface area (Å²) in [6.45, 7) is 2.22. The lowest BCUT2D eigenvalue weighted by Gasteiger charge is -2.28. The molecule has 1 aliphatic heterocycles. The monoisotopic (exact) mass is 267 g/mol. The third kappa shape index (κ3) is 5.03. The SMILES string of the molecule is CSCC(C)(O)CNC1CCCS(=O)(=O)C1. The van der Waals surface area contributed by atoms with Crippen molar-refractivity contribution in [2.45, 2.75) is 31.4 Å². The highest BCUT2D eigenvalue weighted by atomic mass is 32.2. The highest BCUT2D eigenvalue weighted by molar-refractivity contribution is 7.98. The molecule has 2 N–H and O–H groups in total. The molecule has 0 aliphatic carbocycles. The molecule has 1 fully saturated rings. The fraction of sp³-hybridized carbons (Fsp3) is 1.00. The van der Waals surface area contributed by atoms with Crippen molar-refractivity contribution >= 4 is 21.6 Å². The Morgan fingerprint density at radius 2 is 2.25 bits per heavy atom. The first-order valence-corrected chi connectivity index (χ1v) is 8.71. The molecule has 4 nitrogen and oxygen atoms in total. The van der Waals surface area contributed by atoms with Crippen molar-refractivity contribution in [3.05, 3.63) is 0 Å². The molecule has 6 heteroatoms. The number of hydrogen-bond donors (Lipinski definition) is 2. The maximum Gasteiger partial charge on any atom is 0.151 e. The number of nitrogens with one attached hydrogen (secondary N) is 1. The Morgan fingerprint density at radius 3 is 2.81 bits per heavy atom. The van der Waals surface area contributed by atoms with E-state index in [0.29, 0.717) is 18.1 Å². The molecule has 0 radical (unpaired) electrons. The summed E-state index contributed by atoms with van der Waals surface area (Å²) in [5, 5.41) is 13.1. The molecule has 1 saturated heterocycles. The zero-order valence-electron chi connectivity index (χ0n) is 9.90. The van der Waals surface area contributed by atoms with E-state index in [1.807, 2.05) is 6.26 Å². The van der Waals surface area contributed by atoms with Gasteiger partial charge in [0.15, 0.2) is 9.84 Å². The van der Waals surface area contributed by atoms with Crippen LogP contribution in [0.25, 0.3) is 0 Å². The van der Waals surface area contributed by atoms with E-state index >= 15 is 0 Å². The van der Waals surface area contributed by atoms with Gasteiger partial charge in [0.05, 0.1) is 17.1 Å². The summed E-state index contributed by atoms with van der Waals surface area (Å²) >= 11 is 1.59. The van der Waals surface area contributed by atoms with Crippen molar-refractivity contribution in [2.24, 2.45) is 0 Å². The van der Waals surface area contributed by atoms with Crippen LogP contribution in [0.3, 0.4) is 0 Å². The number of hydrogen-bond acceptors (Lipinski definition) is 5. The van der Waals surface area contributed by atoms with Crippen LogP contribution in [0.5, 0.6) is 0 Å². The molecule has 0 aromatic heterocycles. The molecule has 0 spiro atoms. The molecule has 96 valence electrons. The molecule has 0 aromatic rings. The highest BCUT2D eigenvalue weighted by Gasteiger charge is 2.27. The van der Waals surface area contributed by atoms with Gasteiger partial charge in [-0.2, -0.15) is 11.8 Å². The van der Waals surface area contributed by atoms with Gasteiger partial charge in [0.2, 0.25) is 0 Å². The van der Waals surface area contributed by atoms with Crippen LogP contribution in [0.4, 0.5) is 0 Å². The smallest absolute Gasteiger partial charge is 0.151 e. The van der Waals surface area contributed by atoms with Crippen LogP contribution in [0.1, 0.15) is 19.8 Å². The van der Waals surface area contributed by atoms with Gasteiger partial charge >= 0.3 is 0 Å². The first kappa shape index (κ1) is 14.3. The minimum Gasteiger partial charge on any atom is -0.388 e. The van der Waals surface area contributed by atoms with Crippen LogP contribution < -0.4 is 5.32 Å². The highest BCUT2D eigenvalue weighted by Crippen LogP contribution is 2.14. The Labute approximate surface area is 102 Å². The largest absolute Gasteiger partial charge is 0.388 e. The van der Waals surface area contributed by atoms with E-state index < -0.39 is 15.4 Å². The third-order valence-corrected chi connectivity index (χ3v) is 5.42. The summed E-state index contributed by atoms with van der Waals surface area (Å²) in [4.78, 5) is 0. The minimum absolute atomic E-state index is 0.00656. The third-order valence-electron chi connectivity index (χ3n) is 2.69. The van der Waals surface area contributed by atoms with Gasteiger partial charge < -0.3 is 10.4 Å². The van der Waals surface area contributed by atoms with E-state index in [9.17, 15) is 13.5 Å². The van der Waals surface area contributed by atoms with Crippen molar-refractivity contribution in [2.75, 3.05) is 30.1 Å². The van der Waals surface area contributed by atoms with Crippen LogP contribution in [0, 0.1) is 0 Å². The van der Waals surface area contributed by atoms with E-state index in [2.05, 4.69) is 5.32 Å². The van der Waals surface area contributed by atoms with Crippen molar-refractivity contribution in [1.82, 2.24) is 5.32 Å². The summed E-state index contributed by atoms with van der Waals surface area (Å²) in [5.74, 6) is 1.17. The van der Waals surface area contributed by atoms with E-state index in [0.717, 1.165) is 12.8 Å². The molecule has 0 bridgehead atoms. The van der Waals surface area contributed by atoms with Crippen LogP contribution in [0.2, 0.25) is 0 Å². The van der Waals surface area contributed by atoms with Crippen molar-refractivity contribution in [3.63, 3.8) is 0 Å². The van der Waals surface area contributed by atoms with Crippen LogP contribution >= 0.6 is 11.8 Å². The fourth-order valence-corrected chi connectivity index (χ4v) is 4.30. The number of thioether (sulfide) groups is 1. The lowest BCUT2D eigenvalue weighted by molar-refractivity contribution is 0.0816. The second-order valence-corrected chi connectivity index (χ2v) is 7.86. The number of aliphatic hydroxyl groups is 1. The Bertz CT molecular complexity index is 314. The molecule has 1 aliphatic rings. The van der Waals surface area contributed by atoms with Crippen LogP contribution in [0.15, 0.2) is 0 Å². The van der Waals surface area contributed by atoms with E-state index in [4.69, 9.17) is 0 Å². The second-order valence-electron chi connectivity index (χ2n) is 4.76. The quantitative estimate of drug-likeness (QED) is 0.748. The van der Waals surface area contributed by atoms with Gasteiger partial charge in [-0.1, -0.05) is 0 Å². The Balaban J connectivity index is 2.38. The van der Waals surface area contributed by atoms with Crippen molar-refractivity contribution < 1.29 is 13.5 Å². The van der Waals surface area contributed by atoms with E-state index in [1.54, 1.807) is 18.7 Å². The molecule has 2 unspecified atom stereocenters. The molecule has 1 rings (SSSR count). The maximum atomic E-state index is 11.4. The minimum atomic E-state index is -2.86. The Kier molecular flexibility index (Phi) is 5.10. The van der Waals surface area contributed by atoms with Gasteiger partial charge in [-0.25, -0.2) is 8.42 Å². The van der Waals surface area contributed by atoms with Gasteiger partial charge in [-0.3, -0.25) is 0 Å². The lowest BCUT2D eigenvalue weighted by atomic mass is 10.1. The summed E-state index contributed by atoms with van der Waals surface area (Å²) in [6, 6.07) is 0.00656. The van der Waals surface area contributed by atoms with Gasteiger partial charge in [0.25, 0.3) is 0 Å². The second kappa shape index (κ2) is 5.71. The van der Waals surface area contributed by atoms with Crippen molar-refractivity contribution in [3.8, 4) is 0 Å². The molecular weight excluding hydrogens is 246 g/mol. The van der Waals surface area contributed by atoms with Gasteiger partial charge in [0, 0.05) is 18.3 Å². The Morgan fingerprint density at radius 1 is 1.56 bits per heavy atom. The first-order chi connectivity index (χ1) is 7.35. The van der Waals surface area contributed by atoms with Gasteiger partial charge in [-0.15, -0.1) is 0 Å². The normalized spacial score (nSPS) is 28.6. The molecule has 1 heterocycles. The van der Waals surface area contributed by atoms with E-state index in [1.165, 1.54) is 0 Å². The average Bonchev–Trinajstić information content (AvgIpc) is 2.13. The summed E-state index contributed by atoms with van der Waals surface area (Å²) < 4.78 is 22.8. The number of sulfone groups is 1. The van der Waals surface area contributed by atoms with E-state index in [-0.39, 0.29) is 11.8 Å². The topological polar surface area (TPSA) is 66.4 Å². The first-order valence-electron chi connectivity index (χ1n) is 5.50. The number of rotatable bonds is 5. The van der Waals surface area contributed by atoms with Gasteiger partial charge in [-0.05, 0) is 26.0 Å². The molecule has 0 aromatic carbocycles. The zero-order chi connectivity index (χ0) is 12.2. The standard InChI is InChI=1S/C10H21NO3S2/c1-10(12,8-15-2)7-11-9-4-3-5-16(13,14)6-9/h9,11-12H,3-8H2,1-2H3. The maximum absolute atomic E-state index is 11.4.